The summed E-state index contributed by atoms with van der Waals surface area (Å²) in [4.78, 5) is 2.17. The first-order valence-corrected chi connectivity index (χ1v) is 6.47. The number of aliphatic hydroxyl groups excluding tert-OH is 1. The molecule has 2 aromatic rings. The van der Waals surface area contributed by atoms with Gasteiger partial charge in [-0.1, -0.05) is 6.07 Å². The topological polar surface area (TPSA) is 37.6 Å². The maximum Gasteiger partial charge on any atom is 0.128 e. The predicted molar refractivity (Wildman–Crippen MR) is 77.7 cm³/mol. The van der Waals surface area contributed by atoms with Gasteiger partial charge in [0.15, 0.2) is 0 Å². The van der Waals surface area contributed by atoms with Gasteiger partial charge >= 0.3 is 0 Å². The van der Waals surface area contributed by atoms with E-state index < -0.39 is 0 Å². The summed E-state index contributed by atoms with van der Waals surface area (Å²) in [6, 6.07) is 3.87. The van der Waals surface area contributed by atoms with E-state index in [2.05, 4.69) is 29.8 Å². The van der Waals surface area contributed by atoms with Crippen LogP contribution >= 0.6 is 0 Å². The van der Waals surface area contributed by atoms with Crippen LogP contribution in [0.1, 0.15) is 11.1 Å². The lowest BCUT2D eigenvalue weighted by atomic mass is 10.1. The molecule has 19 heavy (non-hydrogen) atoms. The fourth-order valence-corrected chi connectivity index (χ4v) is 2.52. The molecule has 0 saturated heterocycles. The fraction of sp³-hybridized carbons (Fsp3) is 0.467. The summed E-state index contributed by atoms with van der Waals surface area (Å²) in [5.74, 6) is 0.876. The molecule has 0 aliphatic rings. The van der Waals surface area contributed by atoms with Crippen molar-refractivity contribution in [1.82, 2.24) is 9.47 Å². The number of aliphatic hydroxyl groups is 1. The minimum atomic E-state index is 0.0471. The molecule has 1 N–H and O–H groups in total. The number of hydrogen-bond acceptors (Lipinski definition) is 3. The van der Waals surface area contributed by atoms with Gasteiger partial charge < -0.3 is 19.3 Å². The van der Waals surface area contributed by atoms with E-state index >= 15 is 0 Å². The molecule has 0 fully saturated rings. The smallest absolute Gasteiger partial charge is 0.128 e. The Morgan fingerprint density at radius 3 is 2.58 bits per heavy atom. The maximum atomic E-state index is 9.49. The molecule has 0 aliphatic carbocycles. The molecule has 0 radical (unpaired) electrons. The van der Waals surface area contributed by atoms with Crippen LogP contribution in [0.2, 0.25) is 0 Å². The van der Waals surface area contributed by atoms with E-state index in [1.54, 1.807) is 7.11 Å². The molecule has 0 bridgehead atoms. The van der Waals surface area contributed by atoms with Crippen molar-refractivity contribution >= 4 is 10.9 Å². The lowest BCUT2D eigenvalue weighted by Gasteiger charge is -2.10. The Balaban J connectivity index is 2.58. The van der Waals surface area contributed by atoms with Crippen LogP contribution in [0.4, 0.5) is 0 Å². The molecule has 0 unspecified atom stereocenters. The lowest BCUT2D eigenvalue weighted by molar-refractivity contribution is 0.283. The third-order valence-corrected chi connectivity index (χ3v) is 3.47. The number of benzene rings is 1. The molecule has 0 aliphatic heterocycles. The molecule has 0 saturated carbocycles. The van der Waals surface area contributed by atoms with Gasteiger partial charge in [0.05, 0.1) is 19.2 Å². The Morgan fingerprint density at radius 1 is 1.26 bits per heavy atom. The third-order valence-electron chi connectivity index (χ3n) is 3.47. The summed E-state index contributed by atoms with van der Waals surface area (Å²) < 4.78 is 7.56. The van der Waals surface area contributed by atoms with Gasteiger partial charge in [0.25, 0.3) is 0 Å². The highest BCUT2D eigenvalue weighted by atomic mass is 16.5. The first-order chi connectivity index (χ1) is 9.08. The van der Waals surface area contributed by atoms with E-state index in [1.807, 2.05) is 19.2 Å². The second-order valence-corrected chi connectivity index (χ2v) is 5.13. The average molecular weight is 262 g/mol. The molecule has 4 nitrogen and oxygen atoms in total. The summed E-state index contributed by atoms with van der Waals surface area (Å²) in [7, 11) is 7.85. The Morgan fingerprint density at radius 2 is 2.00 bits per heavy atom. The van der Waals surface area contributed by atoms with Crippen molar-refractivity contribution in [3.05, 3.63) is 29.5 Å². The predicted octanol–water partition coefficient (Wildman–Crippen LogP) is 1.78. The van der Waals surface area contributed by atoms with E-state index in [9.17, 15) is 5.11 Å². The van der Waals surface area contributed by atoms with Crippen LogP contribution in [0, 0.1) is 0 Å². The van der Waals surface area contributed by atoms with E-state index in [0.29, 0.717) is 0 Å². The summed E-state index contributed by atoms with van der Waals surface area (Å²) in [6.45, 7) is 1.04. The molecule has 4 heteroatoms. The highest BCUT2D eigenvalue weighted by Crippen LogP contribution is 2.33. The summed E-state index contributed by atoms with van der Waals surface area (Å²) in [5.41, 5.74) is 3.27. The Labute approximate surface area is 114 Å². The summed E-state index contributed by atoms with van der Waals surface area (Å²) >= 11 is 0. The van der Waals surface area contributed by atoms with Crippen LogP contribution in [0.15, 0.2) is 18.3 Å². The molecule has 0 spiro atoms. The van der Waals surface area contributed by atoms with Crippen molar-refractivity contribution in [3.8, 4) is 5.75 Å². The number of ether oxygens (including phenoxy) is 1. The van der Waals surface area contributed by atoms with E-state index in [4.69, 9.17) is 4.74 Å². The Bertz CT molecular complexity index is 573. The molecule has 1 heterocycles. The Kier molecular flexibility index (Phi) is 4.12. The van der Waals surface area contributed by atoms with Crippen LogP contribution in [-0.2, 0) is 20.1 Å². The van der Waals surface area contributed by atoms with Gasteiger partial charge in [0, 0.05) is 30.7 Å². The van der Waals surface area contributed by atoms with Crippen molar-refractivity contribution in [3.63, 3.8) is 0 Å². The second kappa shape index (κ2) is 5.63. The van der Waals surface area contributed by atoms with Gasteiger partial charge in [-0.05, 0) is 32.1 Å². The number of rotatable bonds is 5. The van der Waals surface area contributed by atoms with Gasteiger partial charge in [-0.15, -0.1) is 0 Å². The molecule has 1 aromatic heterocycles. The molecular formula is C15H22N2O2. The molecule has 104 valence electrons. The molecule has 0 atom stereocenters. The van der Waals surface area contributed by atoms with Gasteiger partial charge in [-0.25, -0.2) is 0 Å². The monoisotopic (exact) mass is 262 g/mol. The second-order valence-electron chi connectivity index (χ2n) is 5.13. The fourth-order valence-electron chi connectivity index (χ4n) is 2.52. The number of aryl methyl sites for hydroxylation is 1. The quantitative estimate of drug-likeness (QED) is 0.892. The van der Waals surface area contributed by atoms with Crippen LogP contribution < -0.4 is 4.74 Å². The zero-order valence-corrected chi connectivity index (χ0v) is 12.1. The first-order valence-electron chi connectivity index (χ1n) is 6.47. The van der Waals surface area contributed by atoms with E-state index in [1.165, 1.54) is 5.56 Å². The van der Waals surface area contributed by atoms with Crippen LogP contribution in [0.3, 0.4) is 0 Å². The number of nitrogens with zero attached hydrogens (tertiary/aromatic N) is 2. The van der Waals surface area contributed by atoms with Crippen molar-refractivity contribution in [2.24, 2.45) is 7.05 Å². The zero-order valence-electron chi connectivity index (χ0n) is 12.1. The van der Waals surface area contributed by atoms with Crippen molar-refractivity contribution in [2.75, 3.05) is 27.7 Å². The molecule has 1 aromatic carbocycles. The summed E-state index contributed by atoms with van der Waals surface area (Å²) in [5, 5.41) is 10.6. The zero-order chi connectivity index (χ0) is 14.0. The highest BCUT2D eigenvalue weighted by Gasteiger charge is 2.14. The van der Waals surface area contributed by atoms with E-state index in [-0.39, 0.29) is 6.61 Å². The Hall–Kier alpha value is -1.52. The third kappa shape index (κ3) is 2.60. The summed E-state index contributed by atoms with van der Waals surface area (Å²) in [6.07, 6.45) is 3.10. The number of methoxy groups -OCH3 is 1. The molecule has 2 rings (SSSR count). The minimum absolute atomic E-state index is 0.0471. The normalized spacial score (nSPS) is 11.5. The van der Waals surface area contributed by atoms with Crippen molar-refractivity contribution in [2.45, 2.75) is 13.0 Å². The van der Waals surface area contributed by atoms with Crippen molar-refractivity contribution < 1.29 is 9.84 Å². The van der Waals surface area contributed by atoms with Crippen LogP contribution in [-0.4, -0.2) is 42.3 Å². The molecule has 0 amide bonds. The van der Waals surface area contributed by atoms with Gasteiger partial charge in [-0.2, -0.15) is 0 Å². The standard InChI is InChI=1S/C15H22N2O2/c1-16(2)8-7-11-9-17(3)15-12(10-18)5-6-13(19-4)14(11)15/h5-6,9,18H,7-8,10H2,1-4H3. The van der Waals surface area contributed by atoms with Gasteiger partial charge in [0.2, 0.25) is 0 Å². The first kappa shape index (κ1) is 13.9. The minimum Gasteiger partial charge on any atom is -0.496 e. The molecular weight excluding hydrogens is 240 g/mol. The number of aromatic nitrogens is 1. The van der Waals surface area contributed by atoms with Gasteiger partial charge in [0.1, 0.15) is 5.75 Å². The number of likely N-dealkylation sites (N-methyl/N-ethyl adjacent to an activating group) is 1. The average Bonchev–Trinajstić information content (AvgIpc) is 2.73. The lowest BCUT2D eigenvalue weighted by Crippen LogP contribution is -2.14. The maximum absolute atomic E-state index is 9.49. The van der Waals surface area contributed by atoms with Crippen molar-refractivity contribution in [1.29, 1.82) is 0 Å². The SMILES string of the molecule is COc1ccc(CO)c2c1c(CCN(C)C)cn2C. The van der Waals surface area contributed by atoms with E-state index in [0.717, 1.165) is 35.2 Å². The van der Waals surface area contributed by atoms with Gasteiger partial charge in [-0.3, -0.25) is 0 Å². The number of hydrogen-bond donors (Lipinski definition) is 1. The number of fused-ring (bicyclic) bond motifs is 1. The van der Waals surface area contributed by atoms with Crippen LogP contribution in [0.25, 0.3) is 10.9 Å². The van der Waals surface area contributed by atoms with Crippen LogP contribution in [0.5, 0.6) is 5.75 Å². The highest BCUT2D eigenvalue weighted by molar-refractivity contribution is 5.92. The largest absolute Gasteiger partial charge is 0.496 e.